The van der Waals surface area contributed by atoms with Gasteiger partial charge >= 0.3 is 5.97 Å². The number of benzene rings is 2. The summed E-state index contributed by atoms with van der Waals surface area (Å²) in [6.07, 6.45) is -0.400. The number of carboxylic acid groups (broad SMARTS) is 1. The Balaban J connectivity index is 2.50. The van der Waals surface area contributed by atoms with Gasteiger partial charge in [0.15, 0.2) is 0 Å². The summed E-state index contributed by atoms with van der Waals surface area (Å²) in [6.45, 7) is -0.322. The number of nitrogens with zero attached hydrogens (tertiary/aromatic N) is 1. The van der Waals surface area contributed by atoms with Crippen LogP contribution in [0.2, 0.25) is 10.0 Å². The van der Waals surface area contributed by atoms with Crippen molar-refractivity contribution < 1.29 is 27.1 Å². The summed E-state index contributed by atoms with van der Waals surface area (Å²) in [5.41, 5.74) is -0.400. The van der Waals surface area contributed by atoms with Gasteiger partial charge in [-0.05, 0) is 36.8 Å². The minimum atomic E-state index is -4.29. The van der Waals surface area contributed by atoms with Crippen molar-refractivity contribution in [3.8, 4) is 0 Å². The van der Waals surface area contributed by atoms with Crippen molar-refractivity contribution in [2.75, 3.05) is 10.8 Å². The molecule has 0 fully saturated rings. The maximum Gasteiger partial charge on any atom is 0.303 e. The summed E-state index contributed by atoms with van der Waals surface area (Å²) in [4.78, 5) is 10.4. The molecule has 2 rings (SSSR count). The lowest BCUT2D eigenvalue weighted by atomic mass is 10.2. The summed E-state index contributed by atoms with van der Waals surface area (Å²) in [5, 5.41) is 8.87. The van der Waals surface area contributed by atoms with Crippen LogP contribution in [-0.4, -0.2) is 26.0 Å². The van der Waals surface area contributed by atoms with Gasteiger partial charge in [0.25, 0.3) is 10.0 Å². The highest BCUT2D eigenvalue weighted by molar-refractivity contribution is 7.92. The molecular weight excluding hydrogens is 411 g/mol. The topological polar surface area (TPSA) is 74.7 Å². The second-order valence-corrected chi connectivity index (χ2v) is 7.92. The van der Waals surface area contributed by atoms with Gasteiger partial charge in [0.2, 0.25) is 0 Å². The first kappa shape index (κ1) is 20.4. The van der Waals surface area contributed by atoms with Crippen LogP contribution >= 0.6 is 23.2 Å². The van der Waals surface area contributed by atoms with Crippen molar-refractivity contribution in [3.05, 3.63) is 58.1 Å². The zero-order chi connectivity index (χ0) is 19.5. The predicted octanol–water partition coefficient (Wildman–Crippen LogP) is 4.33. The van der Waals surface area contributed by atoms with Crippen LogP contribution in [0.3, 0.4) is 0 Å². The van der Waals surface area contributed by atoms with Crippen LogP contribution in [-0.2, 0) is 14.8 Å². The van der Waals surface area contributed by atoms with Crippen LogP contribution in [0.15, 0.2) is 41.3 Å². The molecule has 140 valence electrons. The first-order valence-electron chi connectivity index (χ1n) is 7.27. The van der Waals surface area contributed by atoms with E-state index in [-0.39, 0.29) is 34.3 Å². The fourth-order valence-corrected chi connectivity index (χ4v) is 4.09. The van der Waals surface area contributed by atoms with Crippen molar-refractivity contribution in [1.82, 2.24) is 0 Å². The van der Waals surface area contributed by atoms with E-state index in [0.29, 0.717) is 10.4 Å². The standard InChI is InChI=1S/C16H13Cl2F2NO4S/c17-12-5-4-11(9-13(12)18)26(24,25)21(7-1-2-16(22)23)15-6-3-10(19)8-14(15)20/h3-6,8-9H,1-2,7H2,(H,22,23). The van der Waals surface area contributed by atoms with Crippen molar-refractivity contribution in [2.45, 2.75) is 17.7 Å². The normalized spacial score (nSPS) is 11.4. The first-order valence-corrected chi connectivity index (χ1v) is 9.47. The summed E-state index contributed by atoms with van der Waals surface area (Å²) in [7, 11) is -4.29. The van der Waals surface area contributed by atoms with E-state index in [1.807, 2.05) is 0 Å². The van der Waals surface area contributed by atoms with Crippen LogP contribution in [0.1, 0.15) is 12.8 Å². The van der Waals surface area contributed by atoms with Crippen LogP contribution in [0.5, 0.6) is 0 Å². The highest BCUT2D eigenvalue weighted by atomic mass is 35.5. The smallest absolute Gasteiger partial charge is 0.303 e. The minimum absolute atomic E-state index is 0.0159. The van der Waals surface area contributed by atoms with E-state index in [4.69, 9.17) is 28.3 Å². The molecule has 0 bridgehead atoms. The lowest BCUT2D eigenvalue weighted by Gasteiger charge is -2.25. The zero-order valence-corrected chi connectivity index (χ0v) is 15.5. The number of halogens is 4. The molecular formula is C16H13Cl2F2NO4S. The Hall–Kier alpha value is -1.90. The monoisotopic (exact) mass is 423 g/mol. The molecule has 0 atom stereocenters. The molecule has 0 saturated heterocycles. The molecule has 0 amide bonds. The average molecular weight is 424 g/mol. The number of rotatable bonds is 7. The third kappa shape index (κ3) is 4.63. The number of hydrogen-bond acceptors (Lipinski definition) is 3. The van der Waals surface area contributed by atoms with E-state index < -0.39 is 33.3 Å². The molecule has 0 radical (unpaired) electrons. The molecule has 2 aromatic rings. The summed E-state index contributed by atoms with van der Waals surface area (Å²) in [6, 6.07) is 5.99. The Morgan fingerprint density at radius 3 is 2.35 bits per heavy atom. The van der Waals surface area contributed by atoms with Gasteiger partial charge in [0.05, 0.1) is 20.6 Å². The highest BCUT2D eigenvalue weighted by Gasteiger charge is 2.28. The number of hydrogen-bond donors (Lipinski definition) is 1. The Bertz CT molecular complexity index is 938. The highest BCUT2D eigenvalue weighted by Crippen LogP contribution is 2.30. The third-order valence-corrected chi connectivity index (χ3v) is 5.96. The van der Waals surface area contributed by atoms with Gasteiger partial charge < -0.3 is 5.11 Å². The van der Waals surface area contributed by atoms with Crippen molar-refractivity contribution >= 4 is 44.9 Å². The zero-order valence-electron chi connectivity index (χ0n) is 13.1. The quantitative estimate of drug-likeness (QED) is 0.718. The Morgan fingerprint density at radius 2 is 1.77 bits per heavy atom. The molecule has 0 unspecified atom stereocenters. The molecule has 26 heavy (non-hydrogen) atoms. The molecule has 0 heterocycles. The van der Waals surface area contributed by atoms with E-state index in [1.165, 1.54) is 12.1 Å². The van der Waals surface area contributed by atoms with Crippen molar-refractivity contribution in [1.29, 1.82) is 0 Å². The third-order valence-electron chi connectivity index (χ3n) is 3.41. The van der Waals surface area contributed by atoms with Crippen LogP contribution < -0.4 is 4.31 Å². The Morgan fingerprint density at radius 1 is 1.08 bits per heavy atom. The molecule has 0 aliphatic carbocycles. The van der Waals surface area contributed by atoms with E-state index in [9.17, 15) is 22.0 Å². The maximum atomic E-state index is 14.2. The van der Waals surface area contributed by atoms with E-state index in [1.54, 1.807) is 0 Å². The van der Waals surface area contributed by atoms with Gasteiger partial charge in [-0.15, -0.1) is 0 Å². The van der Waals surface area contributed by atoms with Gasteiger partial charge in [-0.25, -0.2) is 17.2 Å². The second-order valence-electron chi connectivity index (χ2n) is 5.25. The number of carboxylic acids is 1. The fourth-order valence-electron chi connectivity index (χ4n) is 2.19. The Labute approximate surface area is 158 Å². The SMILES string of the molecule is O=C(O)CCCN(c1ccc(F)cc1F)S(=O)(=O)c1ccc(Cl)c(Cl)c1. The molecule has 0 aromatic heterocycles. The average Bonchev–Trinajstić information content (AvgIpc) is 2.54. The summed E-state index contributed by atoms with van der Waals surface area (Å²) >= 11 is 11.6. The summed E-state index contributed by atoms with van der Waals surface area (Å²) in [5.74, 6) is -3.09. The second kappa shape index (κ2) is 8.20. The molecule has 0 spiro atoms. The predicted molar refractivity (Wildman–Crippen MR) is 94.2 cm³/mol. The number of anilines is 1. The number of aliphatic carboxylic acids is 1. The van der Waals surface area contributed by atoms with Crippen LogP contribution in [0.25, 0.3) is 0 Å². The fraction of sp³-hybridized carbons (Fsp3) is 0.188. The molecule has 0 aliphatic heterocycles. The molecule has 5 nitrogen and oxygen atoms in total. The van der Waals surface area contributed by atoms with E-state index in [0.717, 1.165) is 18.2 Å². The molecule has 0 saturated carbocycles. The molecule has 10 heteroatoms. The number of sulfonamides is 1. The van der Waals surface area contributed by atoms with Crippen molar-refractivity contribution in [2.24, 2.45) is 0 Å². The molecule has 0 aliphatic rings. The van der Waals surface area contributed by atoms with Crippen molar-refractivity contribution in [3.63, 3.8) is 0 Å². The lowest BCUT2D eigenvalue weighted by molar-refractivity contribution is -0.137. The van der Waals surface area contributed by atoms with Crippen LogP contribution in [0.4, 0.5) is 14.5 Å². The molecule has 1 N–H and O–H groups in total. The molecule has 2 aromatic carbocycles. The van der Waals surface area contributed by atoms with Crippen LogP contribution in [0, 0.1) is 11.6 Å². The summed E-state index contributed by atoms with van der Waals surface area (Å²) < 4.78 is 53.9. The largest absolute Gasteiger partial charge is 0.481 e. The van der Waals surface area contributed by atoms with Gasteiger partial charge in [-0.3, -0.25) is 9.10 Å². The van der Waals surface area contributed by atoms with E-state index >= 15 is 0 Å². The lowest BCUT2D eigenvalue weighted by Crippen LogP contribution is -2.33. The van der Waals surface area contributed by atoms with Gasteiger partial charge in [0.1, 0.15) is 11.6 Å². The van der Waals surface area contributed by atoms with Gasteiger partial charge in [-0.1, -0.05) is 23.2 Å². The number of carbonyl (C=O) groups is 1. The first-order chi connectivity index (χ1) is 12.1. The Kier molecular flexibility index (Phi) is 6.44. The minimum Gasteiger partial charge on any atom is -0.481 e. The van der Waals surface area contributed by atoms with Gasteiger partial charge in [-0.2, -0.15) is 0 Å². The maximum absolute atomic E-state index is 14.2. The van der Waals surface area contributed by atoms with E-state index in [2.05, 4.69) is 0 Å². The van der Waals surface area contributed by atoms with Gasteiger partial charge in [0, 0.05) is 19.0 Å².